The van der Waals surface area contributed by atoms with E-state index in [0.717, 1.165) is 31.2 Å². The standard InChI is InChI=1S/C17H23N3O3.ClH/c1-3-21-13-8-7-12(11-14(13)22-4-2)15-19-16(20-23-15)17(18)9-5-6-10-17;/h7-8,11H,3-6,9-10,18H2,1-2H3;1H. The fourth-order valence-corrected chi connectivity index (χ4v) is 2.96. The first kappa shape index (κ1) is 18.5. The molecule has 0 aliphatic heterocycles. The van der Waals surface area contributed by atoms with Crippen LogP contribution in [0.2, 0.25) is 0 Å². The van der Waals surface area contributed by atoms with Gasteiger partial charge in [-0.3, -0.25) is 0 Å². The smallest absolute Gasteiger partial charge is 0.258 e. The van der Waals surface area contributed by atoms with Gasteiger partial charge in [-0.05, 0) is 44.9 Å². The third-order valence-electron chi connectivity index (χ3n) is 4.16. The zero-order valence-electron chi connectivity index (χ0n) is 14.1. The Bertz CT molecular complexity index is 669. The lowest BCUT2D eigenvalue weighted by Gasteiger charge is -2.17. The Labute approximate surface area is 148 Å². The zero-order chi connectivity index (χ0) is 16.3. The molecule has 132 valence electrons. The fourth-order valence-electron chi connectivity index (χ4n) is 2.96. The van der Waals surface area contributed by atoms with E-state index in [4.69, 9.17) is 19.7 Å². The molecule has 1 aliphatic rings. The molecule has 1 fully saturated rings. The van der Waals surface area contributed by atoms with Gasteiger partial charge in [0.2, 0.25) is 0 Å². The molecule has 0 unspecified atom stereocenters. The third-order valence-corrected chi connectivity index (χ3v) is 4.16. The highest BCUT2D eigenvalue weighted by Gasteiger charge is 2.36. The molecular formula is C17H24ClN3O3. The van der Waals surface area contributed by atoms with E-state index in [2.05, 4.69) is 10.1 Å². The second-order valence-corrected chi connectivity index (χ2v) is 5.81. The van der Waals surface area contributed by atoms with Crippen LogP contribution in [0.4, 0.5) is 0 Å². The molecule has 24 heavy (non-hydrogen) atoms. The summed E-state index contributed by atoms with van der Waals surface area (Å²) in [5.74, 6) is 2.44. The van der Waals surface area contributed by atoms with Crippen LogP contribution in [0.1, 0.15) is 45.4 Å². The first-order valence-corrected chi connectivity index (χ1v) is 8.19. The summed E-state index contributed by atoms with van der Waals surface area (Å²) < 4.78 is 16.6. The van der Waals surface area contributed by atoms with Crippen molar-refractivity contribution >= 4 is 12.4 Å². The zero-order valence-corrected chi connectivity index (χ0v) is 14.9. The molecule has 6 nitrogen and oxygen atoms in total. The van der Waals surface area contributed by atoms with Gasteiger partial charge in [0.25, 0.3) is 5.89 Å². The van der Waals surface area contributed by atoms with Crippen molar-refractivity contribution in [2.45, 2.75) is 45.1 Å². The Hall–Kier alpha value is -1.79. The van der Waals surface area contributed by atoms with Crippen molar-refractivity contribution in [1.82, 2.24) is 10.1 Å². The number of hydrogen-bond acceptors (Lipinski definition) is 6. The summed E-state index contributed by atoms with van der Waals surface area (Å²) in [5, 5.41) is 4.10. The van der Waals surface area contributed by atoms with Gasteiger partial charge in [-0.25, -0.2) is 0 Å². The van der Waals surface area contributed by atoms with Gasteiger partial charge >= 0.3 is 0 Å². The number of benzene rings is 1. The number of aromatic nitrogens is 2. The third kappa shape index (κ3) is 3.65. The summed E-state index contributed by atoms with van der Waals surface area (Å²) >= 11 is 0. The van der Waals surface area contributed by atoms with Crippen LogP contribution in [0.15, 0.2) is 22.7 Å². The van der Waals surface area contributed by atoms with Crippen molar-refractivity contribution in [2.24, 2.45) is 5.73 Å². The van der Waals surface area contributed by atoms with E-state index in [1.807, 2.05) is 32.0 Å². The van der Waals surface area contributed by atoms with Crippen LogP contribution in [-0.4, -0.2) is 23.4 Å². The minimum absolute atomic E-state index is 0. The molecule has 1 aliphatic carbocycles. The average molecular weight is 354 g/mol. The Morgan fingerprint density at radius 1 is 1.12 bits per heavy atom. The Morgan fingerprint density at radius 2 is 1.79 bits per heavy atom. The maximum absolute atomic E-state index is 6.38. The van der Waals surface area contributed by atoms with Crippen molar-refractivity contribution in [3.05, 3.63) is 24.0 Å². The van der Waals surface area contributed by atoms with Crippen LogP contribution in [0.25, 0.3) is 11.5 Å². The number of halogens is 1. The summed E-state index contributed by atoms with van der Waals surface area (Å²) in [5.41, 5.74) is 6.74. The summed E-state index contributed by atoms with van der Waals surface area (Å²) in [6, 6.07) is 5.62. The Morgan fingerprint density at radius 3 is 2.46 bits per heavy atom. The van der Waals surface area contributed by atoms with Crippen molar-refractivity contribution < 1.29 is 14.0 Å². The van der Waals surface area contributed by atoms with Crippen LogP contribution >= 0.6 is 12.4 Å². The largest absolute Gasteiger partial charge is 0.490 e. The quantitative estimate of drug-likeness (QED) is 0.852. The van der Waals surface area contributed by atoms with Crippen molar-refractivity contribution in [2.75, 3.05) is 13.2 Å². The highest BCUT2D eigenvalue weighted by molar-refractivity contribution is 5.85. The maximum atomic E-state index is 6.38. The van der Waals surface area contributed by atoms with Crippen LogP contribution in [0.5, 0.6) is 11.5 Å². The number of ether oxygens (including phenoxy) is 2. The molecule has 2 aromatic rings. The van der Waals surface area contributed by atoms with Gasteiger partial charge < -0.3 is 19.7 Å². The van der Waals surface area contributed by atoms with E-state index < -0.39 is 5.54 Å². The van der Waals surface area contributed by atoms with E-state index in [0.29, 0.717) is 36.4 Å². The predicted molar refractivity (Wildman–Crippen MR) is 93.7 cm³/mol. The summed E-state index contributed by atoms with van der Waals surface area (Å²) in [4.78, 5) is 4.51. The summed E-state index contributed by atoms with van der Waals surface area (Å²) in [7, 11) is 0. The number of nitrogens with two attached hydrogens (primary N) is 1. The van der Waals surface area contributed by atoms with E-state index in [1.165, 1.54) is 0 Å². The molecule has 0 bridgehead atoms. The average Bonchev–Trinajstić information content (AvgIpc) is 3.19. The number of nitrogens with zero attached hydrogens (tertiary/aromatic N) is 2. The Kier molecular flexibility index (Phi) is 6.07. The van der Waals surface area contributed by atoms with Crippen LogP contribution in [0, 0.1) is 0 Å². The number of rotatable bonds is 6. The van der Waals surface area contributed by atoms with E-state index in [1.54, 1.807) is 0 Å². The topological polar surface area (TPSA) is 83.4 Å². The fraction of sp³-hybridized carbons (Fsp3) is 0.529. The molecule has 0 spiro atoms. The van der Waals surface area contributed by atoms with Gasteiger partial charge in [0.05, 0.1) is 18.8 Å². The van der Waals surface area contributed by atoms with Crippen molar-refractivity contribution in [3.8, 4) is 23.0 Å². The molecule has 1 aromatic heterocycles. The first-order valence-electron chi connectivity index (χ1n) is 8.19. The molecule has 7 heteroatoms. The lowest BCUT2D eigenvalue weighted by Crippen LogP contribution is -2.34. The van der Waals surface area contributed by atoms with Crippen LogP contribution in [-0.2, 0) is 5.54 Å². The monoisotopic (exact) mass is 353 g/mol. The van der Waals surface area contributed by atoms with Crippen LogP contribution in [0.3, 0.4) is 0 Å². The highest BCUT2D eigenvalue weighted by atomic mass is 35.5. The van der Waals surface area contributed by atoms with E-state index >= 15 is 0 Å². The second-order valence-electron chi connectivity index (χ2n) is 5.81. The van der Waals surface area contributed by atoms with E-state index in [-0.39, 0.29) is 12.4 Å². The van der Waals surface area contributed by atoms with Crippen molar-refractivity contribution in [1.29, 1.82) is 0 Å². The molecule has 2 N–H and O–H groups in total. The van der Waals surface area contributed by atoms with Gasteiger partial charge in [-0.1, -0.05) is 18.0 Å². The minimum Gasteiger partial charge on any atom is -0.490 e. The SMILES string of the molecule is CCOc1ccc(-c2nc(C3(N)CCCC3)no2)cc1OCC.Cl. The van der Waals surface area contributed by atoms with Gasteiger partial charge in [-0.15, -0.1) is 12.4 Å². The molecule has 1 heterocycles. The lowest BCUT2D eigenvalue weighted by molar-refractivity contribution is 0.288. The molecule has 0 radical (unpaired) electrons. The van der Waals surface area contributed by atoms with Gasteiger partial charge in [0, 0.05) is 5.56 Å². The van der Waals surface area contributed by atoms with Gasteiger partial charge in [0.15, 0.2) is 17.3 Å². The van der Waals surface area contributed by atoms with Gasteiger partial charge in [-0.2, -0.15) is 4.98 Å². The molecule has 0 amide bonds. The number of hydrogen-bond donors (Lipinski definition) is 1. The summed E-state index contributed by atoms with van der Waals surface area (Å²) in [6.07, 6.45) is 4.02. The summed E-state index contributed by atoms with van der Waals surface area (Å²) in [6.45, 7) is 5.02. The normalized spacial score (nSPS) is 15.8. The predicted octanol–water partition coefficient (Wildman–Crippen LogP) is 3.68. The minimum atomic E-state index is -0.449. The van der Waals surface area contributed by atoms with Crippen LogP contribution < -0.4 is 15.2 Å². The second kappa shape index (κ2) is 7.85. The first-order chi connectivity index (χ1) is 11.2. The van der Waals surface area contributed by atoms with Crippen molar-refractivity contribution in [3.63, 3.8) is 0 Å². The Balaban J connectivity index is 0.00000208. The molecule has 1 saturated carbocycles. The molecular weight excluding hydrogens is 330 g/mol. The molecule has 3 rings (SSSR count). The van der Waals surface area contributed by atoms with E-state index in [9.17, 15) is 0 Å². The highest BCUT2D eigenvalue weighted by Crippen LogP contribution is 2.37. The van der Waals surface area contributed by atoms with Gasteiger partial charge in [0.1, 0.15) is 0 Å². The molecule has 0 saturated heterocycles. The molecule has 0 atom stereocenters. The maximum Gasteiger partial charge on any atom is 0.258 e. The molecule has 1 aromatic carbocycles. The lowest BCUT2D eigenvalue weighted by atomic mass is 9.99.